The third-order valence-electron chi connectivity index (χ3n) is 3.11. The summed E-state index contributed by atoms with van der Waals surface area (Å²) in [6.07, 6.45) is 0. The number of rotatable bonds is 6. The molecule has 2 rings (SSSR count). The Kier molecular flexibility index (Phi) is 5.59. The van der Waals surface area contributed by atoms with Crippen LogP contribution < -0.4 is 14.8 Å². The van der Waals surface area contributed by atoms with E-state index in [4.69, 9.17) is 21.1 Å². The molecule has 0 aromatic heterocycles. The van der Waals surface area contributed by atoms with Gasteiger partial charge in [-0.25, -0.2) is 0 Å². The van der Waals surface area contributed by atoms with Crippen LogP contribution in [0.15, 0.2) is 36.4 Å². The molecular weight excluding hydrogens is 336 g/mol. The van der Waals surface area contributed by atoms with Gasteiger partial charge >= 0.3 is 0 Å². The molecular formula is C16H15ClN2O5. The molecule has 0 unspecified atom stereocenters. The zero-order chi connectivity index (χ0) is 17.7. The summed E-state index contributed by atoms with van der Waals surface area (Å²) in [4.78, 5) is 22.2. The smallest absolute Gasteiger partial charge is 0.271 e. The molecule has 0 radical (unpaired) electrons. The van der Waals surface area contributed by atoms with Gasteiger partial charge in [0.05, 0.1) is 22.7 Å². The van der Waals surface area contributed by atoms with Crippen LogP contribution in [-0.4, -0.2) is 24.5 Å². The SMILES string of the molecule is COc1cc(C)ccc1OCC(=O)Nc1cc([N+](=O)[O-])ccc1Cl. The van der Waals surface area contributed by atoms with Crippen LogP contribution in [0.2, 0.25) is 5.02 Å². The number of halogens is 1. The highest BCUT2D eigenvalue weighted by Gasteiger charge is 2.13. The third kappa shape index (κ3) is 4.36. The van der Waals surface area contributed by atoms with E-state index in [9.17, 15) is 14.9 Å². The summed E-state index contributed by atoms with van der Waals surface area (Å²) in [5.74, 6) is 0.430. The van der Waals surface area contributed by atoms with Gasteiger partial charge in [-0.05, 0) is 30.7 Å². The van der Waals surface area contributed by atoms with Crippen LogP contribution in [0.3, 0.4) is 0 Å². The summed E-state index contributed by atoms with van der Waals surface area (Å²) in [5, 5.41) is 13.4. The molecule has 0 heterocycles. The van der Waals surface area contributed by atoms with Crippen LogP contribution in [-0.2, 0) is 4.79 Å². The van der Waals surface area contributed by atoms with E-state index in [1.165, 1.54) is 25.3 Å². The Balaban J connectivity index is 2.04. The van der Waals surface area contributed by atoms with Gasteiger partial charge in [0.2, 0.25) is 0 Å². The Hall–Kier alpha value is -2.80. The number of ether oxygens (including phenoxy) is 2. The molecule has 2 aromatic carbocycles. The number of nitrogens with zero attached hydrogens (tertiary/aromatic N) is 1. The average molecular weight is 351 g/mol. The molecule has 24 heavy (non-hydrogen) atoms. The number of nitro benzene ring substituents is 1. The number of carbonyl (C=O) groups excluding carboxylic acids is 1. The molecule has 0 aliphatic carbocycles. The Morgan fingerprint density at radius 1 is 1.25 bits per heavy atom. The zero-order valence-corrected chi connectivity index (χ0v) is 13.8. The van der Waals surface area contributed by atoms with Gasteiger partial charge in [-0.2, -0.15) is 0 Å². The minimum absolute atomic E-state index is 0.148. The number of amides is 1. The molecule has 0 bridgehead atoms. The maximum absolute atomic E-state index is 12.0. The summed E-state index contributed by atoms with van der Waals surface area (Å²) < 4.78 is 10.6. The van der Waals surface area contributed by atoms with Crippen molar-refractivity contribution in [3.8, 4) is 11.5 Å². The van der Waals surface area contributed by atoms with E-state index in [0.29, 0.717) is 11.5 Å². The number of aryl methyl sites for hydroxylation is 1. The van der Waals surface area contributed by atoms with E-state index in [1.54, 1.807) is 12.1 Å². The number of hydrogen-bond acceptors (Lipinski definition) is 5. The van der Waals surface area contributed by atoms with Gasteiger partial charge in [-0.3, -0.25) is 14.9 Å². The van der Waals surface area contributed by atoms with E-state index in [0.717, 1.165) is 5.56 Å². The van der Waals surface area contributed by atoms with E-state index < -0.39 is 10.8 Å². The molecule has 7 nitrogen and oxygen atoms in total. The van der Waals surface area contributed by atoms with Gasteiger partial charge in [-0.15, -0.1) is 0 Å². The number of methoxy groups -OCH3 is 1. The molecule has 0 saturated heterocycles. The minimum Gasteiger partial charge on any atom is -0.493 e. The van der Waals surface area contributed by atoms with Crippen molar-refractivity contribution in [3.05, 3.63) is 57.1 Å². The second-order valence-corrected chi connectivity index (χ2v) is 5.32. The summed E-state index contributed by atoms with van der Waals surface area (Å²) in [6, 6.07) is 9.09. The lowest BCUT2D eigenvalue weighted by molar-refractivity contribution is -0.384. The lowest BCUT2D eigenvalue weighted by atomic mass is 10.2. The van der Waals surface area contributed by atoms with E-state index in [-0.39, 0.29) is 23.0 Å². The Bertz CT molecular complexity index is 779. The van der Waals surface area contributed by atoms with Crippen molar-refractivity contribution in [2.45, 2.75) is 6.92 Å². The number of nitro groups is 1. The predicted octanol–water partition coefficient (Wildman–Crippen LogP) is 3.58. The standard InChI is InChI=1S/C16H15ClN2O5/c1-10-3-6-14(15(7-10)23-2)24-9-16(20)18-13-8-11(19(21)22)4-5-12(13)17/h3-8H,9H2,1-2H3,(H,18,20). The predicted molar refractivity (Wildman–Crippen MR) is 90.0 cm³/mol. The van der Waals surface area contributed by atoms with E-state index in [1.807, 2.05) is 13.0 Å². The van der Waals surface area contributed by atoms with Crippen molar-refractivity contribution in [2.75, 3.05) is 19.0 Å². The van der Waals surface area contributed by atoms with Crippen molar-refractivity contribution >= 4 is 28.9 Å². The molecule has 1 N–H and O–H groups in total. The Morgan fingerprint density at radius 3 is 2.67 bits per heavy atom. The highest BCUT2D eigenvalue weighted by atomic mass is 35.5. The fourth-order valence-electron chi connectivity index (χ4n) is 1.95. The molecule has 2 aromatic rings. The number of hydrogen-bond donors (Lipinski definition) is 1. The van der Waals surface area contributed by atoms with Crippen LogP contribution in [0.25, 0.3) is 0 Å². The summed E-state index contributed by atoms with van der Waals surface area (Å²) in [6.45, 7) is 1.61. The van der Waals surface area contributed by atoms with Crippen LogP contribution in [0.1, 0.15) is 5.56 Å². The highest BCUT2D eigenvalue weighted by molar-refractivity contribution is 6.33. The number of nitrogens with one attached hydrogen (secondary N) is 1. The van der Waals surface area contributed by atoms with E-state index in [2.05, 4.69) is 5.32 Å². The van der Waals surface area contributed by atoms with Crippen LogP contribution >= 0.6 is 11.6 Å². The van der Waals surface area contributed by atoms with Gasteiger partial charge in [0, 0.05) is 12.1 Å². The molecule has 8 heteroatoms. The van der Waals surface area contributed by atoms with Crippen molar-refractivity contribution in [1.82, 2.24) is 0 Å². The van der Waals surface area contributed by atoms with Gasteiger partial charge in [0.25, 0.3) is 11.6 Å². The van der Waals surface area contributed by atoms with Crippen LogP contribution in [0, 0.1) is 17.0 Å². The van der Waals surface area contributed by atoms with Crippen molar-refractivity contribution in [1.29, 1.82) is 0 Å². The fourth-order valence-corrected chi connectivity index (χ4v) is 2.11. The third-order valence-corrected chi connectivity index (χ3v) is 3.44. The first kappa shape index (κ1) is 17.6. The second kappa shape index (κ2) is 7.65. The number of carbonyl (C=O) groups is 1. The highest BCUT2D eigenvalue weighted by Crippen LogP contribution is 2.28. The summed E-state index contributed by atoms with van der Waals surface area (Å²) in [5.41, 5.74) is 0.971. The lowest BCUT2D eigenvalue weighted by Gasteiger charge is -2.12. The number of anilines is 1. The van der Waals surface area contributed by atoms with Crippen molar-refractivity contribution < 1.29 is 19.2 Å². The Labute approximate surface area is 143 Å². The molecule has 0 atom stereocenters. The van der Waals surface area contributed by atoms with Crippen molar-refractivity contribution in [2.24, 2.45) is 0 Å². The van der Waals surface area contributed by atoms with Crippen LogP contribution in [0.5, 0.6) is 11.5 Å². The Morgan fingerprint density at radius 2 is 2.00 bits per heavy atom. The molecule has 0 saturated carbocycles. The topological polar surface area (TPSA) is 90.7 Å². The van der Waals surface area contributed by atoms with Gasteiger partial charge < -0.3 is 14.8 Å². The minimum atomic E-state index is -0.570. The lowest BCUT2D eigenvalue weighted by Crippen LogP contribution is -2.20. The van der Waals surface area contributed by atoms with Crippen LogP contribution in [0.4, 0.5) is 11.4 Å². The number of non-ortho nitro benzene ring substituents is 1. The van der Waals surface area contributed by atoms with E-state index >= 15 is 0 Å². The largest absolute Gasteiger partial charge is 0.493 e. The first-order valence-corrected chi connectivity index (χ1v) is 7.29. The normalized spacial score (nSPS) is 10.1. The van der Waals surface area contributed by atoms with Gasteiger partial charge in [-0.1, -0.05) is 17.7 Å². The molecule has 0 aliphatic rings. The molecule has 0 spiro atoms. The molecule has 126 valence electrons. The first-order chi connectivity index (χ1) is 11.4. The fraction of sp³-hybridized carbons (Fsp3) is 0.188. The number of benzene rings is 2. The zero-order valence-electron chi connectivity index (χ0n) is 13.0. The maximum Gasteiger partial charge on any atom is 0.271 e. The van der Waals surface area contributed by atoms with Gasteiger partial charge in [0.1, 0.15) is 0 Å². The first-order valence-electron chi connectivity index (χ1n) is 6.92. The molecule has 1 amide bonds. The quantitative estimate of drug-likeness (QED) is 0.635. The molecule has 0 aliphatic heterocycles. The van der Waals surface area contributed by atoms with Crippen molar-refractivity contribution in [3.63, 3.8) is 0 Å². The molecule has 0 fully saturated rings. The summed E-state index contributed by atoms with van der Waals surface area (Å²) in [7, 11) is 1.50. The summed E-state index contributed by atoms with van der Waals surface area (Å²) >= 11 is 5.93. The monoisotopic (exact) mass is 350 g/mol. The average Bonchev–Trinajstić information content (AvgIpc) is 2.55. The second-order valence-electron chi connectivity index (χ2n) is 4.91. The maximum atomic E-state index is 12.0. The van der Waals surface area contributed by atoms with Gasteiger partial charge in [0.15, 0.2) is 18.1 Å².